The molecule has 7 heteroatoms. The van der Waals surface area contributed by atoms with Gasteiger partial charge in [-0.05, 0) is 18.2 Å². The molecule has 0 fully saturated rings. The molecule has 0 bridgehead atoms. The van der Waals surface area contributed by atoms with Crippen LogP contribution in [0.3, 0.4) is 0 Å². The van der Waals surface area contributed by atoms with Crippen molar-refractivity contribution in [3.63, 3.8) is 0 Å². The number of halogens is 1. The zero-order chi connectivity index (χ0) is 13.0. The van der Waals surface area contributed by atoms with Crippen molar-refractivity contribution in [3.05, 3.63) is 22.7 Å². The molecule has 2 N–H and O–H groups in total. The van der Waals surface area contributed by atoms with Crippen LogP contribution in [0.5, 0.6) is 0 Å². The molecule has 1 aromatic carbocycles. The topological polar surface area (TPSA) is 63.2 Å². The smallest absolute Gasteiger partial charge is 0.321 e. The van der Waals surface area contributed by atoms with E-state index in [1.165, 1.54) is 11.3 Å². The van der Waals surface area contributed by atoms with Gasteiger partial charge in [-0.2, -0.15) is 0 Å². The SMILES string of the molecule is COCCNC(=O)Nc1nc2ccc(Br)cc2s1. The van der Waals surface area contributed by atoms with E-state index in [1.807, 2.05) is 18.2 Å². The van der Waals surface area contributed by atoms with E-state index in [-0.39, 0.29) is 6.03 Å². The lowest BCUT2D eigenvalue weighted by Gasteiger charge is -2.03. The highest BCUT2D eigenvalue weighted by Gasteiger charge is 2.07. The van der Waals surface area contributed by atoms with Gasteiger partial charge in [-0.1, -0.05) is 27.3 Å². The summed E-state index contributed by atoms with van der Waals surface area (Å²) in [6, 6.07) is 5.53. The van der Waals surface area contributed by atoms with Crippen LogP contribution >= 0.6 is 27.3 Å². The highest BCUT2D eigenvalue weighted by molar-refractivity contribution is 9.10. The second-order valence-electron chi connectivity index (χ2n) is 3.50. The van der Waals surface area contributed by atoms with Gasteiger partial charge in [0.2, 0.25) is 0 Å². The maximum Gasteiger partial charge on any atom is 0.321 e. The fourth-order valence-electron chi connectivity index (χ4n) is 1.36. The molecule has 0 radical (unpaired) electrons. The number of aromatic nitrogens is 1. The van der Waals surface area contributed by atoms with Gasteiger partial charge < -0.3 is 10.1 Å². The maximum atomic E-state index is 11.5. The molecular weight excluding hydrogens is 318 g/mol. The van der Waals surface area contributed by atoms with E-state index in [2.05, 4.69) is 31.5 Å². The summed E-state index contributed by atoms with van der Waals surface area (Å²) < 4.78 is 6.86. The van der Waals surface area contributed by atoms with Crippen LogP contribution in [0.2, 0.25) is 0 Å². The Morgan fingerprint density at radius 1 is 1.56 bits per heavy atom. The van der Waals surface area contributed by atoms with Crippen molar-refractivity contribution in [1.82, 2.24) is 10.3 Å². The summed E-state index contributed by atoms with van der Waals surface area (Å²) in [4.78, 5) is 15.8. The van der Waals surface area contributed by atoms with E-state index >= 15 is 0 Å². The Bertz CT molecular complexity index is 558. The van der Waals surface area contributed by atoms with Crippen LogP contribution in [0.25, 0.3) is 10.2 Å². The molecule has 1 aromatic heterocycles. The summed E-state index contributed by atoms with van der Waals surface area (Å²) in [6.45, 7) is 0.957. The number of hydrogen-bond donors (Lipinski definition) is 2. The molecule has 2 amide bonds. The number of amides is 2. The zero-order valence-electron chi connectivity index (χ0n) is 9.70. The number of carbonyl (C=O) groups is 1. The number of fused-ring (bicyclic) bond motifs is 1. The van der Waals surface area contributed by atoms with E-state index in [1.54, 1.807) is 7.11 Å². The first-order chi connectivity index (χ1) is 8.69. The van der Waals surface area contributed by atoms with Gasteiger partial charge in [0.15, 0.2) is 5.13 Å². The number of nitrogens with zero attached hydrogens (tertiary/aromatic N) is 1. The summed E-state index contributed by atoms with van der Waals surface area (Å²) in [5.41, 5.74) is 0.871. The summed E-state index contributed by atoms with van der Waals surface area (Å²) in [7, 11) is 1.59. The molecule has 0 aliphatic heterocycles. The average molecular weight is 330 g/mol. The van der Waals surface area contributed by atoms with Crippen LogP contribution in [-0.2, 0) is 4.74 Å². The van der Waals surface area contributed by atoms with Gasteiger partial charge in [-0.3, -0.25) is 5.32 Å². The second kappa shape index (κ2) is 6.12. The lowest BCUT2D eigenvalue weighted by molar-refractivity contribution is 0.198. The van der Waals surface area contributed by atoms with Gasteiger partial charge in [0, 0.05) is 18.1 Å². The Morgan fingerprint density at radius 2 is 2.39 bits per heavy atom. The third kappa shape index (κ3) is 3.41. The van der Waals surface area contributed by atoms with E-state index in [4.69, 9.17) is 4.74 Å². The molecule has 5 nitrogen and oxygen atoms in total. The summed E-state index contributed by atoms with van der Waals surface area (Å²) >= 11 is 4.83. The minimum Gasteiger partial charge on any atom is -0.383 e. The maximum absolute atomic E-state index is 11.5. The van der Waals surface area contributed by atoms with Crippen LogP contribution in [0, 0.1) is 0 Å². The molecule has 0 saturated carbocycles. The predicted molar refractivity (Wildman–Crippen MR) is 76.2 cm³/mol. The highest BCUT2D eigenvalue weighted by Crippen LogP contribution is 2.28. The van der Waals surface area contributed by atoms with Crippen molar-refractivity contribution < 1.29 is 9.53 Å². The number of hydrogen-bond acceptors (Lipinski definition) is 4. The van der Waals surface area contributed by atoms with Crippen molar-refractivity contribution in [2.75, 3.05) is 25.6 Å². The Balaban J connectivity index is 2.01. The minimum atomic E-state index is -0.273. The lowest BCUT2D eigenvalue weighted by atomic mass is 10.3. The second-order valence-corrected chi connectivity index (χ2v) is 5.45. The molecule has 2 rings (SSSR count). The Hall–Kier alpha value is -1.18. The first kappa shape index (κ1) is 13.3. The zero-order valence-corrected chi connectivity index (χ0v) is 12.1. The normalized spacial score (nSPS) is 10.6. The van der Waals surface area contributed by atoms with Gasteiger partial charge in [0.1, 0.15) is 0 Å². The van der Waals surface area contributed by atoms with Crippen molar-refractivity contribution in [2.24, 2.45) is 0 Å². The van der Waals surface area contributed by atoms with Gasteiger partial charge in [0.05, 0.1) is 16.8 Å². The number of rotatable bonds is 4. The molecular formula is C11H12BrN3O2S. The molecule has 0 aliphatic rings. The molecule has 0 unspecified atom stereocenters. The van der Waals surface area contributed by atoms with E-state index in [0.717, 1.165) is 14.7 Å². The van der Waals surface area contributed by atoms with Gasteiger partial charge in [-0.25, -0.2) is 9.78 Å². The van der Waals surface area contributed by atoms with Crippen LogP contribution in [-0.4, -0.2) is 31.3 Å². The molecule has 18 heavy (non-hydrogen) atoms. The first-order valence-electron chi connectivity index (χ1n) is 5.29. The van der Waals surface area contributed by atoms with Crippen molar-refractivity contribution in [3.8, 4) is 0 Å². The minimum absolute atomic E-state index is 0.273. The number of urea groups is 1. The molecule has 0 saturated heterocycles. The predicted octanol–water partition coefficient (Wildman–Crippen LogP) is 2.83. The van der Waals surface area contributed by atoms with Crippen molar-refractivity contribution in [1.29, 1.82) is 0 Å². The quantitative estimate of drug-likeness (QED) is 0.848. The van der Waals surface area contributed by atoms with Crippen molar-refractivity contribution >= 4 is 48.6 Å². The lowest BCUT2D eigenvalue weighted by Crippen LogP contribution is -2.31. The van der Waals surface area contributed by atoms with Gasteiger partial charge in [-0.15, -0.1) is 0 Å². The molecule has 0 atom stereocenters. The highest BCUT2D eigenvalue weighted by atomic mass is 79.9. The molecule has 96 valence electrons. The molecule has 0 spiro atoms. The molecule has 2 aromatic rings. The first-order valence-corrected chi connectivity index (χ1v) is 6.90. The number of ether oxygens (including phenoxy) is 1. The number of methoxy groups -OCH3 is 1. The monoisotopic (exact) mass is 329 g/mol. The standard InChI is InChI=1S/C11H12BrN3O2S/c1-17-5-4-13-10(16)15-11-14-8-3-2-7(12)6-9(8)18-11/h2-3,6H,4-5H2,1H3,(H2,13,14,15,16). The number of nitrogens with one attached hydrogen (secondary N) is 2. The Labute approximate surface area is 117 Å². The number of benzene rings is 1. The largest absolute Gasteiger partial charge is 0.383 e. The van der Waals surface area contributed by atoms with Crippen LogP contribution < -0.4 is 10.6 Å². The Kier molecular flexibility index (Phi) is 4.51. The summed E-state index contributed by atoms with van der Waals surface area (Å²) in [5.74, 6) is 0. The van der Waals surface area contributed by atoms with Crippen LogP contribution in [0.1, 0.15) is 0 Å². The van der Waals surface area contributed by atoms with Gasteiger partial charge >= 0.3 is 6.03 Å². The fraction of sp³-hybridized carbons (Fsp3) is 0.273. The van der Waals surface area contributed by atoms with Crippen LogP contribution in [0.15, 0.2) is 22.7 Å². The number of thiazole rings is 1. The fourth-order valence-corrected chi connectivity index (χ4v) is 2.77. The Morgan fingerprint density at radius 3 is 3.17 bits per heavy atom. The van der Waals surface area contributed by atoms with E-state index < -0.39 is 0 Å². The van der Waals surface area contributed by atoms with Crippen LogP contribution in [0.4, 0.5) is 9.93 Å². The molecule has 1 heterocycles. The van der Waals surface area contributed by atoms with E-state index in [9.17, 15) is 4.79 Å². The third-order valence-corrected chi connectivity index (χ3v) is 3.59. The molecule has 0 aliphatic carbocycles. The van der Waals surface area contributed by atoms with E-state index in [0.29, 0.717) is 18.3 Å². The van der Waals surface area contributed by atoms with Gasteiger partial charge in [0.25, 0.3) is 0 Å². The summed E-state index contributed by atoms with van der Waals surface area (Å²) in [5, 5.41) is 5.95. The van der Waals surface area contributed by atoms with Crippen molar-refractivity contribution in [2.45, 2.75) is 0 Å². The third-order valence-electron chi connectivity index (χ3n) is 2.16. The number of carbonyl (C=O) groups excluding carboxylic acids is 1. The average Bonchev–Trinajstić information content (AvgIpc) is 2.70. The number of anilines is 1. The summed E-state index contributed by atoms with van der Waals surface area (Å²) in [6.07, 6.45) is 0.